The standard InChI is InChI=1S/C31H37Cl2N5O2/c1-17-15-37(10-9-34-17)30(36-27-12-20-11-25(18(27)2)31(20,3)4)35-22-7-8-23-24(14-22)29(40)38(28(23)39)16-19-5-6-21(32)13-26(19)33/h5-8,13-14,17-18,20,25,27,34H,9-12,15-16H2,1-4H3,(H,35,36)/t17-,18+,20-,25-,27-/m0/s1. The van der Waals surface area contributed by atoms with Crippen LogP contribution in [0, 0.1) is 23.2 Å². The molecule has 2 amide bonds. The van der Waals surface area contributed by atoms with Crippen molar-refractivity contribution in [1.82, 2.24) is 20.4 Å². The van der Waals surface area contributed by atoms with Crippen LogP contribution in [0.2, 0.25) is 10.0 Å². The number of guanidine groups is 1. The number of rotatable bonds is 4. The predicted molar refractivity (Wildman–Crippen MR) is 159 cm³/mol. The van der Waals surface area contributed by atoms with Crippen molar-refractivity contribution >= 4 is 46.7 Å². The summed E-state index contributed by atoms with van der Waals surface area (Å²) >= 11 is 12.4. The fraction of sp³-hybridized carbons (Fsp3) is 0.516. The average molecular weight is 583 g/mol. The number of amides is 2. The summed E-state index contributed by atoms with van der Waals surface area (Å²) < 4.78 is 0. The lowest BCUT2D eigenvalue weighted by atomic mass is 9.45. The minimum Gasteiger partial charge on any atom is -0.353 e. The SMILES string of the molecule is C[C@H]1[C@@H](NC(=Nc2ccc3c(c2)C(=O)N(Cc2ccc(Cl)cc2Cl)C3=O)N2CCN[C@@H](C)C2)C[C@@H]2C[C@@H]1C2(C)C. The zero-order valence-electron chi connectivity index (χ0n) is 23.5. The van der Waals surface area contributed by atoms with Crippen molar-refractivity contribution in [3.05, 3.63) is 63.1 Å². The van der Waals surface area contributed by atoms with Gasteiger partial charge in [0.2, 0.25) is 0 Å². The minimum absolute atomic E-state index is 0.0880. The number of carbonyl (C=O) groups excluding carboxylic acids is 2. The molecule has 0 radical (unpaired) electrons. The van der Waals surface area contributed by atoms with Crippen molar-refractivity contribution in [3.63, 3.8) is 0 Å². The molecule has 1 saturated heterocycles. The van der Waals surface area contributed by atoms with Crippen LogP contribution in [-0.2, 0) is 6.54 Å². The summed E-state index contributed by atoms with van der Waals surface area (Å²) in [5, 5.41) is 8.29. The maximum absolute atomic E-state index is 13.4. The Labute approximate surface area is 246 Å². The molecule has 2 aliphatic heterocycles. The van der Waals surface area contributed by atoms with Gasteiger partial charge in [-0.05, 0) is 78.8 Å². The maximum atomic E-state index is 13.4. The molecule has 2 aromatic rings. The molecule has 2 heterocycles. The topological polar surface area (TPSA) is 77.0 Å². The lowest BCUT2D eigenvalue weighted by molar-refractivity contribution is -0.112. The van der Waals surface area contributed by atoms with Gasteiger partial charge in [-0.3, -0.25) is 14.5 Å². The first-order chi connectivity index (χ1) is 19.0. The molecule has 4 fully saturated rings. The number of imide groups is 1. The minimum atomic E-state index is -0.336. The fourth-order valence-electron chi connectivity index (χ4n) is 7.26. The van der Waals surface area contributed by atoms with Crippen LogP contribution in [0.15, 0.2) is 41.4 Å². The van der Waals surface area contributed by atoms with Gasteiger partial charge in [-0.15, -0.1) is 0 Å². The zero-order valence-corrected chi connectivity index (χ0v) is 25.0. The van der Waals surface area contributed by atoms with Gasteiger partial charge in [-0.1, -0.05) is 50.0 Å². The normalized spacial score (nSPS) is 29.4. The number of carbonyl (C=O) groups is 2. The molecule has 2 N–H and O–H groups in total. The van der Waals surface area contributed by atoms with Gasteiger partial charge in [0.1, 0.15) is 0 Å². The van der Waals surface area contributed by atoms with Crippen LogP contribution in [0.25, 0.3) is 0 Å². The van der Waals surface area contributed by atoms with E-state index in [1.165, 1.54) is 11.3 Å². The van der Waals surface area contributed by atoms with Crippen molar-refractivity contribution in [2.24, 2.45) is 28.2 Å². The Hall–Kier alpha value is -2.61. The third-order valence-corrected chi connectivity index (χ3v) is 10.5. The molecule has 3 saturated carbocycles. The van der Waals surface area contributed by atoms with Crippen LogP contribution < -0.4 is 10.6 Å². The smallest absolute Gasteiger partial charge is 0.261 e. The molecular weight excluding hydrogens is 545 g/mol. The van der Waals surface area contributed by atoms with E-state index in [9.17, 15) is 9.59 Å². The third-order valence-electron chi connectivity index (χ3n) is 9.87. The van der Waals surface area contributed by atoms with Gasteiger partial charge in [-0.25, -0.2) is 4.99 Å². The van der Waals surface area contributed by atoms with Crippen molar-refractivity contribution in [2.45, 2.75) is 59.2 Å². The van der Waals surface area contributed by atoms with E-state index >= 15 is 0 Å². The summed E-state index contributed by atoms with van der Waals surface area (Å²) in [5.41, 5.74) is 2.50. The molecule has 212 valence electrons. The van der Waals surface area contributed by atoms with Gasteiger partial charge in [0.05, 0.1) is 23.4 Å². The summed E-state index contributed by atoms with van der Waals surface area (Å²) in [6.07, 6.45) is 2.47. The number of fused-ring (bicyclic) bond motifs is 3. The van der Waals surface area contributed by atoms with Crippen LogP contribution in [0.4, 0.5) is 5.69 Å². The molecule has 7 nitrogen and oxygen atoms in total. The van der Waals surface area contributed by atoms with E-state index < -0.39 is 0 Å². The summed E-state index contributed by atoms with van der Waals surface area (Å²) in [4.78, 5) is 35.2. The van der Waals surface area contributed by atoms with E-state index in [1.54, 1.807) is 30.3 Å². The summed E-state index contributed by atoms with van der Waals surface area (Å²) in [6, 6.07) is 11.1. The van der Waals surface area contributed by atoms with E-state index in [4.69, 9.17) is 28.2 Å². The molecule has 0 aromatic heterocycles. The van der Waals surface area contributed by atoms with Gasteiger partial charge in [0.25, 0.3) is 11.8 Å². The van der Waals surface area contributed by atoms with E-state index in [0.29, 0.717) is 55.8 Å². The molecule has 0 unspecified atom stereocenters. The second-order valence-electron chi connectivity index (χ2n) is 12.6. The molecule has 5 aliphatic rings. The van der Waals surface area contributed by atoms with E-state index in [2.05, 4.69) is 43.2 Å². The van der Waals surface area contributed by atoms with Crippen LogP contribution >= 0.6 is 23.2 Å². The molecule has 7 rings (SSSR count). The maximum Gasteiger partial charge on any atom is 0.261 e. The first kappa shape index (κ1) is 27.6. The number of aliphatic imine (C=N–C) groups is 1. The van der Waals surface area contributed by atoms with Crippen molar-refractivity contribution in [3.8, 4) is 0 Å². The molecule has 3 aliphatic carbocycles. The molecule has 9 heteroatoms. The molecule has 2 aromatic carbocycles. The zero-order chi connectivity index (χ0) is 28.3. The first-order valence-corrected chi connectivity index (χ1v) is 15.1. The lowest BCUT2D eigenvalue weighted by Crippen LogP contribution is -2.63. The van der Waals surface area contributed by atoms with Crippen molar-refractivity contribution < 1.29 is 9.59 Å². The second kappa shape index (κ2) is 10.3. The van der Waals surface area contributed by atoms with Crippen molar-refractivity contribution in [2.75, 3.05) is 19.6 Å². The predicted octanol–water partition coefficient (Wildman–Crippen LogP) is 5.73. The number of halogens is 2. The summed E-state index contributed by atoms with van der Waals surface area (Å²) in [7, 11) is 0. The highest BCUT2D eigenvalue weighted by Crippen LogP contribution is 2.61. The average Bonchev–Trinajstić information content (AvgIpc) is 3.14. The lowest BCUT2D eigenvalue weighted by Gasteiger charge is -2.62. The van der Waals surface area contributed by atoms with Crippen LogP contribution in [0.1, 0.15) is 66.8 Å². The monoisotopic (exact) mass is 581 g/mol. The Morgan fingerprint density at radius 1 is 1.07 bits per heavy atom. The van der Waals surface area contributed by atoms with Gasteiger partial charge < -0.3 is 15.5 Å². The van der Waals surface area contributed by atoms with Crippen LogP contribution in [-0.4, -0.2) is 59.3 Å². The summed E-state index contributed by atoms with van der Waals surface area (Å²) in [6.45, 7) is 12.1. The summed E-state index contributed by atoms with van der Waals surface area (Å²) in [5.74, 6) is 2.20. The number of piperazine rings is 1. The first-order valence-electron chi connectivity index (χ1n) is 14.3. The highest BCUT2D eigenvalue weighted by atomic mass is 35.5. The van der Waals surface area contributed by atoms with E-state index in [1.807, 2.05) is 6.07 Å². The highest BCUT2D eigenvalue weighted by Gasteiger charge is 2.56. The van der Waals surface area contributed by atoms with Gasteiger partial charge in [0.15, 0.2) is 5.96 Å². The molecule has 40 heavy (non-hydrogen) atoms. The van der Waals surface area contributed by atoms with Gasteiger partial charge >= 0.3 is 0 Å². The van der Waals surface area contributed by atoms with Gasteiger partial charge in [0, 0.05) is 41.8 Å². The number of hydrogen-bond acceptors (Lipinski definition) is 4. The van der Waals surface area contributed by atoms with E-state index in [0.717, 1.165) is 43.9 Å². The fourth-order valence-corrected chi connectivity index (χ4v) is 7.73. The Bertz CT molecular complexity index is 1390. The Kier molecular flexibility index (Phi) is 7.12. The number of hydrogen-bond donors (Lipinski definition) is 2. The quantitative estimate of drug-likeness (QED) is 0.274. The number of nitrogens with zero attached hydrogens (tertiary/aromatic N) is 3. The van der Waals surface area contributed by atoms with Crippen LogP contribution in [0.5, 0.6) is 0 Å². The largest absolute Gasteiger partial charge is 0.353 e. The molecular formula is C31H37Cl2N5O2. The molecule has 0 spiro atoms. The number of benzene rings is 2. The molecule has 2 bridgehead atoms. The highest BCUT2D eigenvalue weighted by molar-refractivity contribution is 6.35. The Morgan fingerprint density at radius 2 is 1.85 bits per heavy atom. The Morgan fingerprint density at radius 3 is 2.55 bits per heavy atom. The van der Waals surface area contributed by atoms with Crippen molar-refractivity contribution in [1.29, 1.82) is 0 Å². The van der Waals surface area contributed by atoms with E-state index in [-0.39, 0.29) is 18.4 Å². The molecule has 5 atom stereocenters. The second-order valence-corrected chi connectivity index (χ2v) is 13.4. The third kappa shape index (κ3) is 4.80. The van der Waals surface area contributed by atoms with Crippen LogP contribution in [0.3, 0.4) is 0 Å². The number of nitrogens with one attached hydrogen (secondary N) is 2. The Balaban J connectivity index is 1.27. The van der Waals surface area contributed by atoms with Gasteiger partial charge in [-0.2, -0.15) is 0 Å².